The molecule has 0 radical (unpaired) electrons. The maximum absolute atomic E-state index is 12.7. The molecule has 0 saturated carbocycles. The number of methoxy groups -OCH3 is 2. The summed E-state index contributed by atoms with van der Waals surface area (Å²) in [4.78, 5) is 12.7. The van der Waals surface area contributed by atoms with Gasteiger partial charge < -0.3 is 29.2 Å². The summed E-state index contributed by atoms with van der Waals surface area (Å²) >= 11 is 0. The molecular formula is C38H58O7. The minimum absolute atomic E-state index is 0.0680. The van der Waals surface area contributed by atoms with Crippen molar-refractivity contribution in [2.45, 2.75) is 122 Å². The number of phenolic OH excluding ortho intramolecular Hbond substituents is 2. The molecule has 3 rings (SSSR count). The van der Waals surface area contributed by atoms with E-state index >= 15 is 0 Å². The zero-order valence-electron chi connectivity index (χ0n) is 28.1. The van der Waals surface area contributed by atoms with Gasteiger partial charge in [-0.05, 0) is 54.2 Å². The molecule has 1 aliphatic heterocycles. The summed E-state index contributed by atoms with van der Waals surface area (Å²) in [6.07, 6.45) is 20.2. The summed E-state index contributed by atoms with van der Waals surface area (Å²) in [5, 5.41) is 20.1. The van der Waals surface area contributed by atoms with E-state index in [9.17, 15) is 15.0 Å². The van der Waals surface area contributed by atoms with Crippen molar-refractivity contribution in [2.75, 3.05) is 27.4 Å². The van der Waals surface area contributed by atoms with Gasteiger partial charge in [0, 0.05) is 12.3 Å². The minimum atomic E-state index is -0.304. The number of esters is 1. The summed E-state index contributed by atoms with van der Waals surface area (Å²) in [5.74, 6) is 0.820. The van der Waals surface area contributed by atoms with Gasteiger partial charge >= 0.3 is 5.97 Å². The van der Waals surface area contributed by atoms with Crippen LogP contribution in [0.15, 0.2) is 36.4 Å². The van der Waals surface area contributed by atoms with Crippen LogP contribution in [0.5, 0.6) is 23.0 Å². The molecule has 0 aliphatic carbocycles. The van der Waals surface area contributed by atoms with Crippen LogP contribution in [0.1, 0.15) is 127 Å². The largest absolute Gasteiger partial charge is 0.504 e. The molecule has 1 heterocycles. The molecule has 1 saturated heterocycles. The highest BCUT2D eigenvalue weighted by Gasteiger charge is 2.39. The lowest BCUT2D eigenvalue weighted by Crippen LogP contribution is -2.24. The second-order valence-electron chi connectivity index (χ2n) is 12.7. The van der Waals surface area contributed by atoms with E-state index in [-0.39, 0.29) is 42.0 Å². The monoisotopic (exact) mass is 626 g/mol. The number of ether oxygens (including phenoxy) is 4. The van der Waals surface area contributed by atoms with Gasteiger partial charge in [-0.25, -0.2) is 0 Å². The molecule has 0 spiro atoms. The molecule has 0 amide bonds. The third kappa shape index (κ3) is 12.8. The van der Waals surface area contributed by atoms with E-state index in [2.05, 4.69) is 6.92 Å². The van der Waals surface area contributed by atoms with E-state index in [1.807, 2.05) is 18.2 Å². The maximum Gasteiger partial charge on any atom is 0.305 e. The molecule has 2 aromatic rings. The average Bonchev–Trinajstić information content (AvgIpc) is 3.44. The van der Waals surface area contributed by atoms with Gasteiger partial charge in [-0.3, -0.25) is 4.79 Å². The molecule has 0 aromatic heterocycles. The predicted molar refractivity (Wildman–Crippen MR) is 179 cm³/mol. The normalized spacial score (nSPS) is 17.8. The van der Waals surface area contributed by atoms with Gasteiger partial charge in [0.25, 0.3) is 0 Å². The predicted octanol–water partition coefficient (Wildman–Crippen LogP) is 9.47. The number of hydrogen-bond acceptors (Lipinski definition) is 7. The van der Waals surface area contributed by atoms with Gasteiger partial charge in [-0.1, -0.05) is 109 Å². The molecule has 3 unspecified atom stereocenters. The van der Waals surface area contributed by atoms with Crippen LogP contribution < -0.4 is 9.47 Å². The Hall–Kier alpha value is -2.93. The molecule has 2 N–H and O–H groups in total. The third-order valence-corrected chi connectivity index (χ3v) is 9.18. The van der Waals surface area contributed by atoms with Gasteiger partial charge in [-0.15, -0.1) is 0 Å². The lowest BCUT2D eigenvalue weighted by molar-refractivity contribution is -0.146. The number of benzene rings is 2. The van der Waals surface area contributed by atoms with Crippen LogP contribution in [0.4, 0.5) is 0 Å². The highest BCUT2D eigenvalue weighted by atomic mass is 16.5. The number of carbonyl (C=O) groups is 1. The molecule has 7 nitrogen and oxygen atoms in total. The van der Waals surface area contributed by atoms with Crippen LogP contribution in [-0.4, -0.2) is 43.6 Å². The summed E-state index contributed by atoms with van der Waals surface area (Å²) in [6, 6.07) is 10.6. The van der Waals surface area contributed by atoms with Crippen LogP contribution in [0.2, 0.25) is 0 Å². The fraction of sp³-hybridized carbons (Fsp3) is 0.658. The molecule has 252 valence electrons. The van der Waals surface area contributed by atoms with Crippen molar-refractivity contribution in [3.05, 3.63) is 47.5 Å². The molecular weight excluding hydrogens is 568 g/mol. The van der Waals surface area contributed by atoms with Gasteiger partial charge in [0.15, 0.2) is 23.0 Å². The van der Waals surface area contributed by atoms with E-state index in [1.54, 1.807) is 18.2 Å². The van der Waals surface area contributed by atoms with Crippen molar-refractivity contribution >= 4 is 5.97 Å². The highest BCUT2D eigenvalue weighted by Crippen LogP contribution is 2.43. The second kappa shape index (κ2) is 21.0. The molecule has 1 aliphatic rings. The molecule has 45 heavy (non-hydrogen) atoms. The van der Waals surface area contributed by atoms with Crippen LogP contribution in [0.25, 0.3) is 0 Å². The Morgan fingerprint density at radius 2 is 1.29 bits per heavy atom. The van der Waals surface area contributed by atoms with Gasteiger partial charge in [0.05, 0.1) is 33.5 Å². The quantitative estimate of drug-likeness (QED) is 0.0937. The Balaban J connectivity index is 1.40. The fourth-order valence-electron chi connectivity index (χ4n) is 6.42. The first-order valence-electron chi connectivity index (χ1n) is 17.5. The summed E-state index contributed by atoms with van der Waals surface area (Å²) in [6.45, 7) is 3.02. The molecule has 7 heteroatoms. The maximum atomic E-state index is 12.7. The van der Waals surface area contributed by atoms with E-state index in [0.29, 0.717) is 30.9 Å². The Morgan fingerprint density at radius 3 is 1.87 bits per heavy atom. The van der Waals surface area contributed by atoms with Gasteiger partial charge in [0.1, 0.15) is 0 Å². The molecule has 3 atom stereocenters. The van der Waals surface area contributed by atoms with E-state index in [1.165, 1.54) is 97.7 Å². The van der Waals surface area contributed by atoms with Crippen LogP contribution in [0, 0.1) is 11.8 Å². The first-order chi connectivity index (χ1) is 22.0. The number of carbonyl (C=O) groups excluding carboxylic acids is 1. The standard InChI is InChI=1S/C38H58O7/c1-4-5-6-7-8-9-10-11-12-13-14-15-16-17-18-19-37(41)44-28-32-31(24-29-20-22-33(39)35(25-29)42-2)27-45-38(32)30-21-23-34(40)36(26-30)43-3/h20-23,25-26,31-32,38-40H,4-19,24,27-28H2,1-3H3. The van der Waals surface area contributed by atoms with E-state index in [4.69, 9.17) is 18.9 Å². The molecule has 0 bridgehead atoms. The second-order valence-corrected chi connectivity index (χ2v) is 12.7. The van der Waals surface area contributed by atoms with Crippen LogP contribution in [0.3, 0.4) is 0 Å². The first kappa shape index (κ1) is 36.5. The van der Waals surface area contributed by atoms with Gasteiger partial charge in [0.2, 0.25) is 0 Å². The summed E-state index contributed by atoms with van der Waals surface area (Å²) in [7, 11) is 3.05. The van der Waals surface area contributed by atoms with Crippen molar-refractivity contribution in [3.63, 3.8) is 0 Å². The lowest BCUT2D eigenvalue weighted by Gasteiger charge is -2.24. The SMILES string of the molecule is CCCCCCCCCCCCCCCCCC(=O)OCC1C(Cc2ccc(O)c(OC)c2)COC1c1ccc(O)c(OC)c1. The van der Waals surface area contributed by atoms with Crippen molar-refractivity contribution in [1.82, 2.24) is 0 Å². The zero-order chi connectivity index (χ0) is 32.3. The molecule has 2 aromatic carbocycles. The average molecular weight is 627 g/mol. The summed E-state index contributed by atoms with van der Waals surface area (Å²) in [5.41, 5.74) is 1.88. The van der Waals surface area contributed by atoms with Crippen LogP contribution >= 0.6 is 0 Å². The zero-order valence-corrected chi connectivity index (χ0v) is 28.1. The molecule has 1 fully saturated rings. The van der Waals surface area contributed by atoms with Crippen molar-refractivity contribution < 1.29 is 34.0 Å². The van der Waals surface area contributed by atoms with Gasteiger partial charge in [-0.2, -0.15) is 0 Å². The highest BCUT2D eigenvalue weighted by molar-refractivity contribution is 5.69. The van der Waals surface area contributed by atoms with E-state index in [0.717, 1.165) is 24.0 Å². The summed E-state index contributed by atoms with van der Waals surface area (Å²) < 4.78 is 22.7. The smallest absolute Gasteiger partial charge is 0.305 e. The third-order valence-electron chi connectivity index (χ3n) is 9.18. The number of aromatic hydroxyl groups is 2. The Morgan fingerprint density at radius 1 is 0.756 bits per heavy atom. The van der Waals surface area contributed by atoms with E-state index < -0.39 is 0 Å². The minimum Gasteiger partial charge on any atom is -0.504 e. The topological polar surface area (TPSA) is 94.5 Å². The fourth-order valence-corrected chi connectivity index (χ4v) is 6.42. The Bertz CT molecular complexity index is 1120. The van der Waals surface area contributed by atoms with Crippen LogP contribution in [-0.2, 0) is 20.7 Å². The number of phenols is 2. The lowest BCUT2D eigenvalue weighted by atomic mass is 9.84. The number of hydrogen-bond donors (Lipinski definition) is 2. The number of unbranched alkanes of at least 4 members (excludes halogenated alkanes) is 14. The Kier molecular flexibility index (Phi) is 17.0. The van der Waals surface area contributed by atoms with Crippen molar-refractivity contribution in [2.24, 2.45) is 11.8 Å². The van der Waals surface area contributed by atoms with Crippen molar-refractivity contribution in [3.8, 4) is 23.0 Å². The first-order valence-corrected chi connectivity index (χ1v) is 17.5. The Labute approximate surface area is 271 Å². The number of rotatable bonds is 23. The van der Waals surface area contributed by atoms with Crippen molar-refractivity contribution in [1.29, 1.82) is 0 Å².